The first-order chi connectivity index (χ1) is 5.04. The van der Waals surface area contributed by atoms with Crippen molar-refractivity contribution in [1.29, 1.82) is 0 Å². The van der Waals surface area contributed by atoms with Gasteiger partial charge in [-0.25, -0.2) is 0 Å². The van der Waals surface area contributed by atoms with E-state index in [1.165, 1.54) is 0 Å². The van der Waals surface area contributed by atoms with Crippen LogP contribution < -0.4 is 10.8 Å². The Kier molecular flexibility index (Phi) is 2.64. The molecule has 0 aromatic carbocycles. The predicted molar refractivity (Wildman–Crippen MR) is 36.9 cm³/mol. The second-order valence-electron chi connectivity index (χ2n) is 2.53. The van der Waals surface area contributed by atoms with E-state index >= 15 is 0 Å². The minimum absolute atomic E-state index is 0.377. The summed E-state index contributed by atoms with van der Waals surface area (Å²) in [5, 5.41) is 10.9. The molecule has 0 aromatic heterocycles. The molecular formula is C4H11N2O4P. The first kappa shape index (κ1) is 9.12. The van der Waals surface area contributed by atoms with E-state index < -0.39 is 19.5 Å². The molecule has 2 atom stereocenters. The molecule has 5 N–H and O–H groups in total. The lowest BCUT2D eigenvalue weighted by atomic mass is 10.3. The lowest BCUT2D eigenvalue weighted by Gasteiger charge is -2.13. The van der Waals surface area contributed by atoms with Gasteiger partial charge in [-0.15, -0.1) is 0 Å². The smallest absolute Gasteiger partial charge is 0.323 e. The maximum absolute atomic E-state index is 10.6. The van der Waals surface area contributed by atoms with E-state index in [2.05, 4.69) is 5.32 Å². The minimum Gasteiger partial charge on any atom is -0.323 e. The van der Waals surface area contributed by atoms with Crippen LogP contribution in [0.15, 0.2) is 0 Å². The van der Waals surface area contributed by atoms with Crippen LogP contribution >= 0.6 is 7.60 Å². The quantitative estimate of drug-likeness (QED) is 0.282. The van der Waals surface area contributed by atoms with Crippen molar-refractivity contribution in [3.63, 3.8) is 0 Å². The second kappa shape index (κ2) is 3.18. The molecule has 0 bridgehead atoms. The Bertz CT molecular complexity index is 181. The summed E-state index contributed by atoms with van der Waals surface area (Å²) < 4.78 is 10.6. The summed E-state index contributed by atoms with van der Waals surface area (Å²) >= 11 is 0. The van der Waals surface area contributed by atoms with Crippen LogP contribution in [-0.2, 0) is 4.57 Å². The molecule has 1 saturated heterocycles. The molecule has 2 unspecified atom stereocenters. The molecule has 1 rings (SSSR count). The molecule has 0 amide bonds. The molecule has 11 heavy (non-hydrogen) atoms. The van der Waals surface area contributed by atoms with E-state index in [0.717, 1.165) is 0 Å². The van der Waals surface area contributed by atoms with Crippen LogP contribution in [0.2, 0.25) is 0 Å². The van der Waals surface area contributed by atoms with Crippen molar-refractivity contribution < 1.29 is 19.6 Å². The molecule has 0 spiro atoms. The second-order valence-corrected chi connectivity index (χ2v) is 4.33. The van der Waals surface area contributed by atoms with Gasteiger partial charge in [-0.05, 0) is 12.8 Å². The van der Waals surface area contributed by atoms with Gasteiger partial charge in [0.15, 0.2) is 0 Å². The molecule has 1 heterocycles. The average Bonchev–Trinajstić information content (AvgIpc) is 2.32. The normalized spacial score (nSPS) is 32.6. The van der Waals surface area contributed by atoms with Gasteiger partial charge in [0, 0.05) is 0 Å². The minimum atomic E-state index is -4.03. The SMILES string of the molecule is O=P(O)(O)C1CCC(NO)N1. The van der Waals surface area contributed by atoms with Crippen molar-refractivity contribution in [1.82, 2.24) is 10.8 Å². The maximum Gasteiger partial charge on any atom is 0.342 e. The van der Waals surface area contributed by atoms with E-state index in [1.807, 2.05) is 5.48 Å². The summed E-state index contributed by atoms with van der Waals surface area (Å²) in [4.78, 5) is 17.3. The van der Waals surface area contributed by atoms with Gasteiger partial charge in [-0.2, -0.15) is 5.48 Å². The highest BCUT2D eigenvalue weighted by atomic mass is 31.2. The average molecular weight is 182 g/mol. The zero-order valence-corrected chi connectivity index (χ0v) is 6.66. The van der Waals surface area contributed by atoms with E-state index in [0.29, 0.717) is 12.8 Å². The summed E-state index contributed by atoms with van der Waals surface area (Å²) in [5.41, 5.74) is 1.91. The number of rotatable bonds is 2. The molecule has 0 aliphatic carbocycles. The fourth-order valence-electron chi connectivity index (χ4n) is 1.09. The van der Waals surface area contributed by atoms with E-state index in [1.54, 1.807) is 0 Å². The number of nitrogens with one attached hydrogen (secondary N) is 2. The molecule has 0 radical (unpaired) electrons. The molecular weight excluding hydrogens is 171 g/mol. The lowest BCUT2D eigenvalue weighted by molar-refractivity contribution is 0.118. The van der Waals surface area contributed by atoms with Gasteiger partial charge < -0.3 is 15.0 Å². The zero-order chi connectivity index (χ0) is 8.48. The summed E-state index contributed by atoms with van der Waals surface area (Å²) in [6, 6.07) is 0. The predicted octanol–water partition coefficient (Wildman–Crippen LogP) is -0.822. The Balaban J connectivity index is 2.48. The summed E-state index contributed by atoms with van der Waals surface area (Å²) in [6.45, 7) is 0. The molecule has 6 nitrogen and oxygen atoms in total. The Hall–Kier alpha value is 0.0300. The van der Waals surface area contributed by atoms with E-state index in [-0.39, 0.29) is 0 Å². The lowest BCUT2D eigenvalue weighted by Crippen LogP contribution is -2.38. The van der Waals surface area contributed by atoms with Crippen LogP contribution in [0.25, 0.3) is 0 Å². The van der Waals surface area contributed by atoms with Gasteiger partial charge in [0.05, 0.1) is 6.17 Å². The third kappa shape index (κ3) is 2.23. The summed E-state index contributed by atoms with van der Waals surface area (Å²) in [7, 11) is -4.03. The van der Waals surface area contributed by atoms with Crippen LogP contribution in [0, 0.1) is 0 Å². The van der Waals surface area contributed by atoms with Crippen LogP contribution in [-0.4, -0.2) is 26.9 Å². The first-order valence-corrected chi connectivity index (χ1v) is 4.93. The molecule has 7 heteroatoms. The van der Waals surface area contributed by atoms with Crippen LogP contribution in [0.3, 0.4) is 0 Å². The highest BCUT2D eigenvalue weighted by Gasteiger charge is 2.35. The fraction of sp³-hybridized carbons (Fsp3) is 1.00. The van der Waals surface area contributed by atoms with Gasteiger partial charge in [-0.3, -0.25) is 9.88 Å². The van der Waals surface area contributed by atoms with Gasteiger partial charge in [0.1, 0.15) is 5.78 Å². The number of hydroxylamine groups is 1. The zero-order valence-electron chi connectivity index (χ0n) is 5.77. The molecule has 0 aromatic rings. The monoisotopic (exact) mass is 182 g/mol. The third-order valence-corrected chi connectivity index (χ3v) is 2.90. The van der Waals surface area contributed by atoms with Crippen molar-refractivity contribution in [3.8, 4) is 0 Å². The van der Waals surface area contributed by atoms with Gasteiger partial charge in [-0.1, -0.05) is 0 Å². The number of hydrogen-bond acceptors (Lipinski definition) is 4. The largest absolute Gasteiger partial charge is 0.342 e. The summed E-state index contributed by atoms with van der Waals surface area (Å²) in [6.07, 6.45) is 0.502. The topological polar surface area (TPSA) is 102 Å². The van der Waals surface area contributed by atoms with Crippen molar-refractivity contribution in [2.75, 3.05) is 0 Å². The van der Waals surface area contributed by atoms with Crippen LogP contribution in [0.5, 0.6) is 0 Å². The Morgan fingerprint density at radius 2 is 2.09 bits per heavy atom. The first-order valence-electron chi connectivity index (χ1n) is 3.25. The van der Waals surface area contributed by atoms with Crippen LogP contribution in [0.4, 0.5) is 0 Å². The van der Waals surface area contributed by atoms with Crippen molar-refractivity contribution >= 4 is 7.60 Å². The molecule has 1 aliphatic rings. The standard InChI is InChI=1S/C4H11N2O4P/c7-6-3-1-2-4(5-3)11(8,9)10/h3-7H,1-2H2,(H2,8,9,10). The van der Waals surface area contributed by atoms with Gasteiger partial charge in [0.2, 0.25) is 0 Å². The Morgan fingerprint density at radius 3 is 2.36 bits per heavy atom. The Morgan fingerprint density at radius 1 is 1.45 bits per heavy atom. The van der Waals surface area contributed by atoms with Crippen molar-refractivity contribution in [2.45, 2.75) is 24.8 Å². The molecule has 1 aliphatic heterocycles. The van der Waals surface area contributed by atoms with E-state index in [9.17, 15) is 4.57 Å². The van der Waals surface area contributed by atoms with Gasteiger partial charge >= 0.3 is 7.60 Å². The molecule has 1 fully saturated rings. The van der Waals surface area contributed by atoms with E-state index in [4.69, 9.17) is 15.0 Å². The molecule has 66 valence electrons. The summed E-state index contributed by atoms with van der Waals surface area (Å²) in [5.74, 6) is -0.813. The number of hydrogen-bond donors (Lipinski definition) is 5. The van der Waals surface area contributed by atoms with Crippen molar-refractivity contribution in [3.05, 3.63) is 0 Å². The third-order valence-electron chi connectivity index (χ3n) is 1.68. The highest BCUT2D eigenvalue weighted by molar-refractivity contribution is 7.52. The molecule has 0 saturated carbocycles. The van der Waals surface area contributed by atoms with Crippen LogP contribution in [0.1, 0.15) is 12.8 Å². The Labute approximate surface area is 63.7 Å². The highest BCUT2D eigenvalue weighted by Crippen LogP contribution is 2.44. The maximum atomic E-state index is 10.6. The fourth-order valence-corrected chi connectivity index (χ4v) is 1.95. The van der Waals surface area contributed by atoms with Crippen molar-refractivity contribution in [2.24, 2.45) is 0 Å². The van der Waals surface area contributed by atoms with Gasteiger partial charge in [0.25, 0.3) is 0 Å².